The number of carbonyl (C=O) groups excluding carboxylic acids is 1. The molecule has 0 saturated carbocycles. The van der Waals surface area contributed by atoms with E-state index in [4.69, 9.17) is 4.98 Å². The number of hydrogen-bond donors (Lipinski definition) is 1. The van der Waals surface area contributed by atoms with Gasteiger partial charge in [0, 0.05) is 0 Å². The van der Waals surface area contributed by atoms with Crippen molar-refractivity contribution >= 4 is 28.3 Å². The molecule has 0 radical (unpaired) electrons. The zero-order valence-corrected chi connectivity index (χ0v) is 15.2. The molecular formula is C21H19N3OS. The van der Waals surface area contributed by atoms with Gasteiger partial charge in [0.25, 0.3) is 5.91 Å². The second kappa shape index (κ2) is 7.14. The van der Waals surface area contributed by atoms with Crippen molar-refractivity contribution in [2.45, 2.75) is 19.5 Å². The average molecular weight is 361 g/mol. The molecule has 1 unspecified atom stereocenters. The van der Waals surface area contributed by atoms with Gasteiger partial charge in [-0.15, -0.1) is 11.3 Å². The average Bonchev–Trinajstić information content (AvgIpc) is 3.34. The van der Waals surface area contributed by atoms with Crippen LogP contribution in [-0.2, 0) is 6.54 Å². The van der Waals surface area contributed by atoms with Gasteiger partial charge in [0.2, 0.25) is 0 Å². The van der Waals surface area contributed by atoms with Gasteiger partial charge in [-0.3, -0.25) is 4.79 Å². The van der Waals surface area contributed by atoms with Crippen LogP contribution in [0, 0.1) is 0 Å². The minimum Gasteiger partial charge on any atom is -0.344 e. The van der Waals surface area contributed by atoms with Gasteiger partial charge in [-0.05, 0) is 36.1 Å². The van der Waals surface area contributed by atoms with Crippen molar-refractivity contribution in [3.8, 4) is 0 Å². The van der Waals surface area contributed by atoms with E-state index in [1.54, 1.807) is 0 Å². The Morgan fingerprint density at radius 2 is 1.85 bits per heavy atom. The van der Waals surface area contributed by atoms with Crippen LogP contribution < -0.4 is 5.32 Å². The van der Waals surface area contributed by atoms with Crippen LogP contribution in [0.15, 0.2) is 72.1 Å². The molecule has 0 aliphatic heterocycles. The standard InChI is InChI=1S/C21H19N3OS/c1-15(16-8-3-2-4-9-16)24-18-11-6-5-10-17(18)23-20(24)14-22-21(25)19-12-7-13-26-19/h2-13,15H,14H2,1H3,(H,22,25). The molecule has 0 spiro atoms. The van der Waals surface area contributed by atoms with Crippen molar-refractivity contribution in [3.63, 3.8) is 0 Å². The lowest BCUT2D eigenvalue weighted by molar-refractivity contribution is 0.0953. The molecular weight excluding hydrogens is 342 g/mol. The highest BCUT2D eigenvalue weighted by atomic mass is 32.1. The maximum Gasteiger partial charge on any atom is 0.261 e. The van der Waals surface area contributed by atoms with E-state index in [-0.39, 0.29) is 11.9 Å². The van der Waals surface area contributed by atoms with Crippen molar-refractivity contribution in [2.24, 2.45) is 0 Å². The fourth-order valence-corrected chi connectivity index (χ4v) is 3.83. The summed E-state index contributed by atoms with van der Waals surface area (Å²) < 4.78 is 2.21. The van der Waals surface area contributed by atoms with Crippen molar-refractivity contribution in [2.75, 3.05) is 0 Å². The molecule has 2 heterocycles. The van der Waals surface area contributed by atoms with Gasteiger partial charge >= 0.3 is 0 Å². The summed E-state index contributed by atoms with van der Waals surface area (Å²) in [5.41, 5.74) is 3.22. The molecule has 4 nitrogen and oxygen atoms in total. The molecule has 0 bridgehead atoms. The Morgan fingerprint density at radius 1 is 1.08 bits per heavy atom. The van der Waals surface area contributed by atoms with E-state index < -0.39 is 0 Å². The monoisotopic (exact) mass is 361 g/mol. The summed E-state index contributed by atoms with van der Waals surface area (Å²) in [6, 6.07) is 22.3. The predicted molar refractivity (Wildman–Crippen MR) is 105 cm³/mol. The van der Waals surface area contributed by atoms with E-state index in [9.17, 15) is 4.79 Å². The fraction of sp³-hybridized carbons (Fsp3) is 0.143. The summed E-state index contributed by atoms with van der Waals surface area (Å²) in [6.07, 6.45) is 0. The van der Waals surface area contributed by atoms with Crippen molar-refractivity contribution in [3.05, 3.63) is 88.4 Å². The third-order valence-electron chi connectivity index (χ3n) is 4.49. The predicted octanol–water partition coefficient (Wildman–Crippen LogP) is 4.64. The highest BCUT2D eigenvalue weighted by molar-refractivity contribution is 7.12. The molecule has 4 aromatic rings. The number of benzene rings is 2. The summed E-state index contributed by atoms with van der Waals surface area (Å²) in [5, 5.41) is 4.90. The lowest BCUT2D eigenvalue weighted by Gasteiger charge is -2.18. The number of para-hydroxylation sites is 2. The molecule has 1 N–H and O–H groups in total. The van der Waals surface area contributed by atoms with Crippen molar-refractivity contribution in [1.29, 1.82) is 0 Å². The molecule has 130 valence electrons. The van der Waals surface area contributed by atoms with Gasteiger partial charge in [-0.2, -0.15) is 0 Å². The van der Waals surface area contributed by atoms with Gasteiger partial charge in [0.05, 0.1) is 28.5 Å². The Kier molecular flexibility index (Phi) is 4.54. The molecule has 0 fully saturated rings. The minimum atomic E-state index is -0.0639. The number of aromatic nitrogens is 2. The van der Waals surface area contributed by atoms with Gasteiger partial charge in [0.1, 0.15) is 5.82 Å². The van der Waals surface area contributed by atoms with Crippen LogP contribution in [0.2, 0.25) is 0 Å². The van der Waals surface area contributed by atoms with Crippen LogP contribution in [0.5, 0.6) is 0 Å². The summed E-state index contributed by atoms with van der Waals surface area (Å²) >= 11 is 1.44. The number of imidazole rings is 1. The minimum absolute atomic E-state index is 0.0639. The van der Waals surface area contributed by atoms with Crippen LogP contribution in [0.4, 0.5) is 0 Å². The van der Waals surface area contributed by atoms with E-state index in [0.717, 1.165) is 16.9 Å². The lowest BCUT2D eigenvalue weighted by Crippen LogP contribution is -2.24. The van der Waals surface area contributed by atoms with E-state index in [2.05, 4.69) is 35.0 Å². The molecule has 0 aliphatic carbocycles. The third kappa shape index (κ3) is 3.13. The summed E-state index contributed by atoms with van der Waals surface area (Å²) in [5.74, 6) is 0.790. The van der Waals surface area contributed by atoms with Crippen LogP contribution in [0.3, 0.4) is 0 Å². The van der Waals surface area contributed by atoms with Gasteiger partial charge < -0.3 is 9.88 Å². The molecule has 0 saturated heterocycles. The second-order valence-corrected chi connectivity index (χ2v) is 7.08. The molecule has 5 heteroatoms. The van der Waals surface area contributed by atoms with Gasteiger partial charge in [0.15, 0.2) is 0 Å². The normalized spacial score (nSPS) is 12.2. The first-order valence-corrected chi connectivity index (χ1v) is 9.44. The zero-order chi connectivity index (χ0) is 17.9. The maximum absolute atomic E-state index is 12.3. The van der Waals surface area contributed by atoms with E-state index in [1.807, 2.05) is 53.9 Å². The number of rotatable bonds is 5. The number of nitrogens with one attached hydrogen (secondary N) is 1. The first kappa shape index (κ1) is 16.5. The first-order valence-electron chi connectivity index (χ1n) is 8.56. The zero-order valence-electron chi connectivity index (χ0n) is 14.4. The third-order valence-corrected chi connectivity index (χ3v) is 5.36. The second-order valence-electron chi connectivity index (χ2n) is 6.13. The topological polar surface area (TPSA) is 46.9 Å². The Labute approximate surface area is 156 Å². The summed E-state index contributed by atoms with van der Waals surface area (Å²) in [6.45, 7) is 2.55. The lowest BCUT2D eigenvalue weighted by atomic mass is 10.1. The van der Waals surface area contributed by atoms with Crippen molar-refractivity contribution in [1.82, 2.24) is 14.9 Å². The molecule has 1 amide bonds. The summed E-state index contributed by atoms with van der Waals surface area (Å²) in [7, 11) is 0. The Balaban J connectivity index is 1.69. The molecule has 0 aliphatic rings. The van der Waals surface area contributed by atoms with Crippen LogP contribution in [0.25, 0.3) is 11.0 Å². The number of fused-ring (bicyclic) bond motifs is 1. The van der Waals surface area contributed by atoms with E-state index in [1.165, 1.54) is 16.9 Å². The SMILES string of the molecule is CC(c1ccccc1)n1c(CNC(=O)c2cccs2)nc2ccccc21. The number of amides is 1. The number of nitrogens with zero attached hydrogens (tertiary/aromatic N) is 2. The Hall–Kier alpha value is -2.92. The van der Waals surface area contributed by atoms with E-state index in [0.29, 0.717) is 11.4 Å². The largest absolute Gasteiger partial charge is 0.344 e. The molecule has 26 heavy (non-hydrogen) atoms. The first-order chi connectivity index (χ1) is 12.7. The van der Waals surface area contributed by atoms with Crippen molar-refractivity contribution < 1.29 is 4.79 Å². The number of thiophene rings is 1. The number of carbonyl (C=O) groups is 1. The van der Waals surface area contributed by atoms with Crippen LogP contribution in [0.1, 0.15) is 34.0 Å². The van der Waals surface area contributed by atoms with Crippen LogP contribution >= 0.6 is 11.3 Å². The molecule has 2 aromatic heterocycles. The Bertz CT molecular complexity index is 1020. The maximum atomic E-state index is 12.3. The molecule has 4 rings (SSSR count). The quantitative estimate of drug-likeness (QED) is 0.563. The highest BCUT2D eigenvalue weighted by Gasteiger charge is 2.18. The Morgan fingerprint density at radius 3 is 2.62 bits per heavy atom. The molecule has 1 atom stereocenters. The van der Waals surface area contributed by atoms with Gasteiger partial charge in [-0.1, -0.05) is 48.5 Å². The number of hydrogen-bond acceptors (Lipinski definition) is 3. The van der Waals surface area contributed by atoms with E-state index >= 15 is 0 Å². The van der Waals surface area contributed by atoms with Gasteiger partial charge in [-0.25, -0.2) is 4.98 Å². The summed E-state index contributed by atoms with van der Waals surface area (Å²) in [4.78, 5) is 17.8. The van der Waals surface area contributed by atoms with Crippen LogP contribution in [-0.4, -0.2) is 15.5 Å². The highest BCUT2D eigenvalue weighted by Crippen LogP contribution is 2.26. The fourth-order valence-electron chi connectivity index (χ4n) is 3.19. The molecule has 2 aromatic carbocycles. The smallest absolute Gasteiger partial charge is 0.261 e.